The van der Waals surface area contributed by atoms with E-state index in [9.17, 15) is 4.79 Å². The first-order valence-corrected chi connectivity index (χ1v) is 9.37. The van der Waals surface area contributed by atoms with E-state index < -0.39 is 0 Å². The van der Waals surface area contributed by atoms with Gasteiger partial charge in [-0.15, -0.1) is 23.5 Å². The zero-order valence-corrected chi connectivity index (χ0v) is 14.6. The Bertz CT molecular complexity index is 611. The van der Waals surface area contributed by atoms with Gasteiger partial charge in [-0.05, 0) is 36.9 Å². The summed E-state index contributed by atoms with van der Waals surface area (Å²) < 4.78 is 0. The minimum Gasteiger partial charge on any atom is -0.351 e. The fourth-order valence-electron chi connectivity index (χ4n) is 2.00. The van der Waals surface area contributed by atoms with E-state index in [0.717, 1.165) is 22.0 Å². The molecule has 0 radical (unpaired) electrons. The SMILES string of the molecule is CCSc1ccccc1C(=O)NCCSc1ccc(C)cc1. The minimum atomic E-state index is 0.0149. The Morgan fingerprint density at radius 1 is 1.05 bits per heavy atom. The van der Waals surface area contributed by atoms with Crippen LogP contribution < -0.4 is 5.32 Å². The number of carbonyl (C=O) groups excluding carboxylic acids is 1. The summed E-state index contributed by atoms with van der Waals surface area (Å²) in [7, 11) is 0. The van der Waals surface area contributed by atoms with Gasteiger partial charge in [0.05, 0.1) is 5.56 Å². The highest BCUT2D eigenvalue weighted by Crippen LogP contribution is 2.22. The maximum Gasteiger partial charge on any atom is 0.252 e. The first-order valence-electron chi connectivity index (χ1n) is 7.40. The summed E-state index contributed by atoms with van der Waals surface area (Å²) in [5.74, 6) is 1.85. The zero-order valence-electron chi connectivity index (χ0n) is 13.0. The molecule has 0 aliphatic carbocycles. The Hall–Kier alpha value is -1.39. The van der Waals surface area contributed by atoms with E-state index >= 15 is 0 Å². The number of rotatable bonds is 7. The lowest BCUT2D eigenvalue weighted by atomic mass is 10.2. The van der Waals surface area contributed by atoms with Crippen molar-refractivity contribution in [2.75, 3.05) is 18.1 Å². The monoisotopic (exact) mass is 331 g/mol. The predicted molar refractivity (Wildman–Crippen MR) is 97.1 cm³/mol. The van der Waals surface area contributed by atoms with Gasteiger partial charge in [0.2, 0.25) is 0 Å². The molecule has 0 aliphatic heterocycles. The molecule has 2 aromatic rings. The molecule has 0 saturated heterocycles. The molecule has 0 spiro atoms. The quantitative estimate of drug-likeness (QED) is 0.592. The Balaban J connectivity index is 1.81. The van der Waals surface area contributed by atoms with Crippen LogP contribution in [0, 0.1) is 6.92 Å². The smallest absolute Gasteiger partial charge is 0.252 e. The van der Waals surface area contributed by atoms with Gasteiger partial charge < -0.3 is 5.32 Å². The van der Waals surface area contributed by atoms with E-state index in [1.807, 2.05) is 24.3 Å². The van der Waals surface area contributed by atoms with Gasteiger partial charge in [-0.3, -0.25) is 4.79 Å². The molecule has 0 saturated carbocycles. The van der Waals surface area contributed by atoms with Crippen LogP contribution in [-0.2, 0) is 0 Å². The van der Waals surface area contributed by atoms with Crippen LogP contribution in [0.4, 0.5) is 0 Å². The average Bonchev–Trinajstić information content (AvgIpc) is 2.54. The van der Waals surface area contributed by atoms with E-state index in [4.69, 9.17) is 0 Å². The van der Waals surface area contributed by atoms with Gasteiger partial charge in [-0.1, -0.05) is 36.8 Å². The molecule has 0 fully saturated rings. The highest BCUT2D eigenvalue weighted by atomic mass is 32.2. The van der Waals surface area contributed by atoms with Crippen molar-refractivity contribution in [3.63, 3.8) is 0 Å². The zero-order chi connectivity index (χ0) is 15.8. The third-order valence-electron chi connectivity index (χ3n) is 3.11. The molecule has 2 aromatic carbocycles. The van der Waals surface area contributed by atoms with Crippen molar-refractivity contribution in [3.05, 3.63) is 59.7 Å². The molecule has 0 bridgehead atoms. The molecule has 2 rings (SSSR count). The van der Waals surface area contributed by atoms with Gasteiger partial charge in [0.15, 0.2) is 0 Å². The molecule has 0 aromatic heterocycles. The molecule has 2 nitrogen and oxygen atoms in total. The van der Waals surface area contributed by atoms with Crippen LogP contribution in [0.15, 0.2) is 58.3 Å². The number of hydrogen-bond donors (Lipinski definition) is 1. The van der Waals surface area contributed by atoms with Crippen LogP contribution in [0.2, 0.25) is 0 Å². The lowest BCUT2D eigenvalue weighted by molar-refractivity contribution is 0.0953. The number of aryl methyl sites for hydroxylation is 1. The second kappa shape index (κ2) is 8.91. The molecule has 22 heavy (non-hydrogen) atoms. The van der Waals surface area contributed by atoms with Gasteiger partial charge in [0.25, 0.3) is 5.91 Å². The first kappa shape index (κ1) is 17.0. The number of nitrogens with one attached hydrogen (secondary N) is 1. The molecule has 0 aliphatic rings. The predicted octanol–water partition coefficient (Wildman–Crippen LogP) is 4.63. The number of thioether (sulfide) groups is 2. The third-order valence-corrected chi connectivity index (χ3v) is 5.08. The number of benzene rings is 2. The largest absolute Gasteiger partial charge is 0.351 e. The highest BCUT2D eigenvalue weighted by molar-refractivity contribution is 7.99. The van der Waals surface area contributed by atoms with Gasteiger partial charge >= 0.3 is 0 Å². The van der Waals surface area contributed by atoms with Crippen molar-refractivity contribution < 1.29 is 4.79 Å². The van der Waals surface area contributed by atoms with E-state index in [1.165, 1.54) is 10.5 Å². The topological polar surface area (TPSA) is 29.1 Å². The molecule has 1 amide bonds. The third kappa shape index (κ3) is 5.11. The van der Waals surface area contributed by atoms with Crippen LogP contribution in [0.3, 0.4) is 0 Å². The van der Waals surface area contributed by atoms with E-state index in [2.05, 4.69) is 43.4 Å². The molecule has 4 heteroatoms. The summed E-state index contributed by atoms with van der Waals surface area (Å²) in [5, 5.41) is 3.01. The van der Waals surface area contributed by atoms with E-state index in [1.54, 1.807) is 23.5 Å². The number of amides is 1. The van der Waals surface area contributed by atoms with Gasteiger partial charge in [-0.25, -0.2) is 0 Å². The summed E-state index contributed by atoms with van der Waals surface area (Å²) in [6.07, 6.45) is 0. The Morgan fingerprint density at radius 3 is 2.50 bits per heavy atom. The summed E-state index contributed by atoms with van der Waals surface area (Å²) in [5.41, 5.74) is 2.04. The summed E-state index contributed by atoms with van der Waals surface area (Å²) in [6, 6.07) is 16.2. The van der Waals surface area contributed by atoms with Crippen molar-refractivity contribution in [2.45, 2.75) is 23.6 Å². The van der Waals surface area contributed by atoms with Crippen molar-refractivity contribution in [1.82, 2.24) is 5.32 Å². The Kier molecular flexibility index (Phi) is 6.87. The molecule has 116 valence electrons. The first-order chi connectivity index (χ1) is 10.7. The second-order valence-electron chi connectivity index (χ2n) is 4.85. The van der Waals surface area contributed by atoms with Crippen molar-refractivity contribution in [2.24, 2.45) is 0 Å². The van der Waals surface area contributed by atoms with Gasteiger partial charge in [0.1, 0.15) is 0 Å². The van der Waals surface area contributed by atoms with Crippen molar-refractivity contribution in [3.8, 4) is 0 Å². The van der Waals surface area contributed by atoms with Crippen LogP contribution >= 0.6 is 23.5 Å². The average molecular weight is 332 g/mol. The molecular formula is C18H21NOS2. The van der Waals surface area contributed by atoms with Crippen LogP contribution in [-0.4, -0.2) is 24.0 Å². The molecule has 0 unspecified atom stereocenters. The minimum absolute atomic E-state index is 0.0149. The van der Waals surface area contributed by atoms with Crippen LogP contribution in [0.5, 0.6) is 0 Å². The summed E-state index contributed by atoms with van der Waals surface area (Å²) in [6.45, 7) is 4.85. The summed E-state index contributed by atoms with van der Waals surface area (Å²) >= 11 is 3.46. The second-order valence-corrected chi connectivity index (χ2v) is 7.32. The fourth-order valence-corrected chi connectivity index (χ4v) is 3.57. The highest BCUT2D eigenvalue weighted by Gasteiger charge is 2.09. The maximum absolute atomic E-state index is 12.3. The van der Waals surface area contributed by atoms with Crippen LogP contribution in [0.1, 0.15) is 22.8 Å². The molecule has 0 atom stereocenters. The lowest BCUT2D eigenvalue weighted by Crippen LogP contribution is -2.26. The van der Waals surface area contributed by atoms with E-state index in [-0.39, 0.29) is 5.91 Å². The summed E-state index contributed by atoms with van der Waals surface area (Å²) in [4.78, 5) is 14.6. The standard InChI is InChI=1S/C18H21NOS2/c1-3-21-17-7-5-4-6-16(17)18(20)19-12-13-22-15-10-8-14(2)9-11-15/h4-11H,3,12-13H2,1-2H3,(H,19,20). The number of carbonyl (C=O) groups is 1. The molecule has 0 heterocycles. The van der Waals surface area contributed by atoms with Gasteiger partial charge in [-0.2, -0.15) is 0 Å². The molecular weight excluding hydrogens is 310 g/mol. The Labute approximate surface area is 141 Å². The van der Waals surface area contributed by atoms with Crippen LogP contribution in [0.25, 0.3) is 0 Å². The molecule has 1 N–H and O–H groups in total. The van der Waals surface area contributed by atoms with Gasteiger partial charge in [0, 0.05) is 22.1 Å². The maximum atomic E-state index is 12.3. The normalized spacial score (nSPS) is 10.5. The lowest BCUT2D eigenvalue weighted by Gasteiger charge is -2.09. The number of hydrogen-bond acceptors (Lipinski definition) is 3. The van der Waals surface area contributed by atoms with Crippen molar-refractivity contribution >= 4 is 29.4 Å². The van der Waals surface area contributed by atoms with E-state index in [0.29, 0.717) is 6.54 Å². The van der Waals surface area contributed by atoms with Crippen molar-refractivity contribution in [1.29, 1.82) is 0 Å². The fraction of sp³-hybridized carbons (Fsp3) is 0.278. The Morgan fingerprint density at radius 2 is 1.77 bits per heavy atom.